The highest BCUT2D eigenvalue weighted by molar-refractivity contribution is 5.43. The first-order chi connectivity index (χ1) is 6.72. The van der Waals surface area contributed by atoms with Crippen LogP contribution in [0.2, 0.25) is 0 Å². The van der Waals surface area contributed by atoms with Crippen molar-refractivity contribution in [3.8, 4) is 0 Å². The highest BCUT2D eigenvalue weighted by atomic mass is 16.5. The van der Waals surface area contributed by atoms with Crippen LogP contribution in [0.1, 0.15) is 18.4 Å². The summed E-state index contributed by atoms with van der Waals surface area (Å²) in [6.07, 6.45) is 3.15. The lowest BCUT2D eigenvalue weighted by Gasteiger charge is -2.32. The van der Waals surface area contributed by atoms with Gasteiger partial charge in [0, 0.05) is 18.4 Å². The molecule has 1 aliphatic heterocycles. The van der Waals surface area contributed by atoms with E-state index in [1.807, 2.05) is 0 Å². The van der Waals surface area contributed by atoms with E-state index in [0.717, 1.165) is 6.42 Å². The molecule has 2 heterocycles. The van der Waals surface area contributed by atoms with Gasteiger partial charge in [0.2, 0.25) is 0 Å². The maximum Gasteiger partial charge on any atom is 0.129 e. The minimum Gasteiger partial charge on any atom is -0.383 e. The van der Waals surface area contributed by atoms with Crippen LogP contribution in [0.4, 0.5) is 5.82 Å². The summed E-state index contributed by atoms with van der Waals surface area (Å²) >= 11 is 0. The molecule has 1 aliphatic rings. The molecule has 0 amide bonds. The molecule has 2 rings (SSSR count). The van der Waals surface area contributed by atoms with E-state index in [1.54, 1.807) is 18.3 Å². The van der Waals surface area contributed by atoms with Crippen molar-refractivity contribution in [2.45, 2.75) is 18.4 Å². The summed E-state index contributed by atoms with van der Waals surface area (Å²) in [5.41, 5.74) is 5.44. The molecule has 1 aromatic heterocycles. The monoisotopic (exact) mass is 194 g/mol. The molecule has 1 atom stereocenters. The molecule has 4 heteroatoms. The Morgan fingerprint density at radius 1 is 1.57 bits per heavy atom. The fourth-order valence-corrected chi connectivity index (χ4v) is 1.80. The Kier molecular flexibility index (Phi) is 2.39. The van der Waals surface area contributed by atoms with Crippen LogP contribution in [0.15, 0.2) is 18.3 Å². The Balaban J connectivity index is 2.32. The quantitative estimate of drug-likeness (QED) is 0.689. The number of anilines is 1. The van der Waals surface area contributed by atoms with E-state index < -0.39 is 5.60 Å². The van der Waals surface area contributed by atoms with E-state index >= 15 is 0 Å². The number of hydrogen-bond acceptors (Lipinski definition) is 4. The number of nitrogens with two attached hydrogens (primary N) is 1. The van der Waals surface area contributed by atoms with Gasteiger partial charge in [-0.1, -0.05) is 6.07 Å². The Morgan fingerprint density at radius 2 is 2.43 bits per heavy atom. The third-order valence-corrected chi connectivity index (χ3v) is 2.56. The summed E-state index contributed by atoms with van der Waals surface area (Å²) in [6.45, 7) is 1.02. The molecule has 14 heavy (non-hydrogen) atoms. The van der Waals surface area contributed by atoms with E-state index in [1.165, 1.54) is 0 Å². The average molecular weight is 194 g/mol. The number of pyridine rings is 1. The fraction of sp³-hybridized carbons (Fsp3) is 0.500. The molecule has 0 radical (unpaired) electrons. The summed E-state index contributed by atoms with van der Waals surface area (Å²) in [4.78, 5) is 3.96. The molecule has 1 fully saturated rings. The number of aromatic nitrogens is 1. The standard InChI is InChI=1S/C10H14N2O2/c11-9-8(3-1-5-12-9)10(13)4-2-6-14-7-10/h1,3,5,13H,2,4,6-7H2,(H2,11,12). The molecule has 1 saturated heterocycles. The van der Waals surface area contributed by atoms with E-state index in [2.05, 4.69) is 4.98 Å². The molecule has 76 valence electrons. The summed E-state index contributed by atoms with van der Waals surface area (Å²) in [5.74, 6) is 0.389. The van der Waals surface area contributed by atoms with Crippen molar-refractivity contribution >= 4 is 5.82 Å². The van der Waals surface area contributed by atoms with E-state index in [4.69, 9.17) is 10.5 Å². The van der Waals surface area contributed by atoms with Gasteiger partial charge in [0.05, 0.1) is 6.61 Å². The molecule has 0 aliphatic carbocycles. The third-order valence-electron chi connectivity index (χ3n) is 2.56. The number of aliphatic hydroxyl groups is 1. The first kappa shape index (κ1) is 9.43. The van der Waals surface area contributed by atoms with Gasteiger partial charge in [0.1, 0.15) is 11.4 Å². The zero-order valence-corrected chi connectivity index (χ0v) is 7.94. The van der Waals surface area contributed by atoms with Gasteiger partial charge >= 0.3 is 0 Å². The van der Waals surface area contributed by atoms with Crippen LogP contribution in [0.5, 0.6) is 0 Å². The molecular weight excluding hydrogens is 180 g/mol. The predicted octanol–water partition coefficient (Wildman–Crippen LogP) is 0.662. The van der Waals surface area contributed by atoms with Gasteiger partial charge < -0.3 is 15.6 Å². The lowest BCUT2D eigenvalue weighted by Crippen LogP contribution is -2.36. The van der Waals surface area contributed by atoms with Crippen molar-refractivity contribution in [2.75, 3.05) is 18.9 Å². The number of ether oxygens (including phenoxy) is 1. The lowest BCUT2D eigenvalue weighted by atomic mass is 9.89. The summed E-state index contributed by atoms with van der Waals surface area (Å²) in [5, 5.41) is 10.3. The van der Waals surface area contributed by atoms with Gasteiger partial charge in [-0.15, -0.1) is 0 Å². The first-order valence-corrected chi connectivity index (χ1v) is 4.73. The minimum absolute atomic E-state index is 0.308. The van der Waals surface area contributed by atoms with Crippen molar-refractivity contribution in [3.63, 3.8) is 0 Å². The normalized spacial score (nSPS) is 27.5. The fourth-order valence-electron chi connectivity index (χ4n) is 1.80. The second-order valence-corrected chi connectivity index (χ2v) is 3.62. The van der Waals surface area contributed by atoms with Gasteiger partial charge in [-0.25, -0.2) is 4.98 Å². The largest absolute Gasteiger partial charge is 0.383 e. The SMILES string of the molecule is Nc1ncccc1C1(O)CCCOC1. The second kappa shape index (κ2) is 3.55. The Bertz CT molecular complexity index is 322. The average Bonchev–Trinajstić information content (AvgIpc) is 2.19. The number of nitrogens with zero attached hydrogens (tertiary/aromatic N) is 1. The van der Waals surface area contributed by atoms with Crippen molar-refractivity contribution in [2.24, 2.45) is 0 Å². The highest BCUT2D eigenvalue weighted by Crippen LogP contribution is 2.32. The van der Waals surface area contributed by atoms with Crippen molar-refractivity contribution in [1.82, 2.24) is 4.98 Å². The van der Waals surface area contributed by atoms with Crippen molar-refractivity contribution < 1.29 is 9.84 Å². The molecule has 1 aromatic rings. The number of hydrogen-bond donors (Lipinski definition) is 2. The van der Waals surface area contributed by atoms with E-state index in [9.17, 15) is 5.11 Å². The number of nitrogen functional groups attached to an aromatic ring is 1. The number of rotatable bonds is 1. The van der Waals surface area contributed by atoms with Crippen LogP contribution >= 0.6 is 0 Å². The van der Waals surface area contributed by atoms with Gasteiger partial charge in [0.25, 0.3) is 0 Å². The first-order valence-electron chi connectivity index (χ1n) is 4.73. The van der Waals surface area contributed by atoms with Gasteiger partial charge in [-0.05, 0) is 18.9 Å². The van der Waals surface area contributed by atoms with E-state index in [-0.39, 0.29) is 0 Å². The van der Waals surface area contributed by atoms with Crippen LogP contribution < -0.4 is 5.73 Å². The third kappa shape index (κ3) is 1.58. The minimum atomic E-state index is -0.948. The zero-order valence-electron chi connectivity index (χ0n) is 7.94. The maximum absolute atomic E-state index is 10.3. The lowest BCUT2D eigenvalue weighted by molar-refractivity contribution is -0.0899. The Hall–Kier alpha value is -1.13. The van der Waals surface area contributed by atoms with Crippen LogP contribution in [0, 0.1) is 0 Å². The molecular formula is C10H14N2O2. The smallest absolute Gasteiger partial charge is 0.129 e. The predicted molar refractivity (Wildman–Crippen MR) is 52.6 cm³/mol. The Labute approximate surface area is 82.7 Å². The Morgan fingerprint density at radius 3 is 3.07 bits per heavy atom. The topological polar surface area (TPSA) is 68.4 Å². The second-order valence-electron chi connectivity index (χ2n) is 3.62. The highest BCUT2D eigenvalue weighted by Gasteiger charge is 2.33. The van der Waals surface area contributed by atoms with Crippen molar-refractivity contribution in [3.05, 3.63) is 23.9 Å². The van der Waals surface area contributed by atoms with Gasteiger partial charge in [-0.3, -0.25) is 0 Å². The molecule has 0 bridgehead atoms. The zero-order chi connectivity index (χ0) is 10.0. The van der Waals surface area contributed by atoms with Crippen LogP contribution in [0.25, 0.3) is 0 Å². The van der Waals surface area contributed by atoms with Gasteiger partial charge in [0.15, 0.2) is 0 Å². The van der Waals surface area contributed by atoms with Crippen LogP contribution in [-0.2, 0) is 10.3 Å². The summed E-state index contributed by atoms with van der Waals surface area (Å²) in [6, 6.07) is 3.58. The van der Waals surface area contributed by atoms with Crippen LogP contribution in [0.3, 0.4) is 0 Å². The molecule has 1 unspecified atom stereocenters. The molecule has 0 spiro atoms. The van der Waals surface area contributed by atoms with Crippen molar-refractivity contribution in [1.29, 1.82) is 0 Å². The molecule has 0 saturated carbocycles. The molecule has 4 nitrogen and oxygen atoms in total. The summed E-state index contributed by atoms with van der Waals surface area (Å²) in [7, 11) is 0. The van der Waals surface area contributed by atoms with Crippen LogP contribution in [-0.4, -0.2) is 23.3 Å². The van der Waals surface area contributed by atoms with Gasteiger partial charge in [-0.2, -0.15) is 0 Å². The van der Waals surface area contributed by atoms with E-state index in [0.29, 0.717) is 31.0 Å². The summed E-state index contributed by atoms with van der Waals surface area (Å²) < 4.78 is 5.26. The maximum atomic E-state index is 10.3. The molecule has 3 N–H and O–H groups in total. The molecule has 0 aromatic carbocycles.